The minimum absolute atomic E-state index is 0. The molecular weight excluding hydrogens is 448 g/mol. The van der Waals surface area contributed by atoms with Gasteiger partial charge >= 0.3 is 0 Å². The smallest absolute Gasteiger partial charge is 0.245 e. The summed E-state index contributed by atoms with van der Waals surface area (Å²) >= 11 is 0. The van der Waals surface area contributed by atoms with Crippen LogP contribution in [-0.4, -0.2) is 9.67 Å². The molecule has 0 saturated carbocycles. The zero-order chi connectivity index (χ0) is 21.7. The lowest BCUT2D eigenvalue weighted by Gasteiger charge is -2.04. The third-order valence-electron chi connectivity index (χ3n) is 6.41. The van der Waals surface area contributed by atoms with E-state index in [0.717, 1.165) is 6.54 Å². The summed E-state index contributed by atoms with van der Waals surface area (Å²) in [7, 11) is 0. The van der Waals surface area contributed by atoms with E-state index < -0.39 is 6.23 Å². The normalized spacial score (nSPS) is 12.1. The molecule has 1 unspecified atom stereocenters. The van der Waals surface area contributed by atoms with Crippen molar-refractivity contribution in [2.24, 2.45) is 0 Å². The third-order valence-corrected chi connectivity index (χ3v) is 6.41. The number of unbranched alkanes of at least 4 members (excludes halogenated alkanes) is 19. The first-order chi connectivity index (χ1) is 14.7. The molecule has 1 aromatic rings. The number of aliphatic hydroxyl groups excluding tert-OH is 1. The number of aryl methyl sites for hydroxylation is 1. The molecule has 4 heteroatoms. The van der Waals surface area contributed by atoms with Crippen molar-refractivity contribution < 1.29 is 26.7 Å². The summed E-state index contributed by atoms with van der Waals surface area (Å²) in [4.78, 5) is 0. The van der Waals surface area contributed by atoms with Gasteiger partial charge in [0, 0.05) is 6.92 Å². The molecule has 1 aromatic heterocycles. The standard InChI is InChI=1S/C27H53N2O.BrH/c1-3-4-5-6-7-8-9-10-11-12-13-14-15-16-17-18-19-20-21-22-23-28-24-25-29(26-28)27(2)30;/h24-27,30H,3-23H2,1-2H3;1H/q+1;/p-1. The minimum Gasteiger partial charge on any atom is -1.00 e. The summed E-state index contributed by atoms with van der Waals surface area (Å²) in [6, 6.07) is 0. The SMILES string of the molecule is CCCCCCCCCCCCCCCCCCCCCCn1cc[n+](C(C)O)c1.[Br-]. The van der Waals surface area contributed by atoms with Gasteiger partial charge in [-0.05, 0) is 12.8 Å². The molecule has 3 nitrogen and oxygen atoms in total. The van der Waals surface area contributed by atoms with Gasteiger partial charge in [-0.1, -0.05) is 122 Å². The van der Waals surface area contributed by atoms with E-state index in [1.807, 2.05) is 17.1 Å². The minimum atomic E-state index is -0.429. The summed E-state index contributed by atoms with van der Waals surface area (Å²) in [5, 5.41) is 9.53. The van der Waals surface area contributed by atoms with Crippen molar-refractivity contribution in [1.82, 2.24) is 4.57 Å². The highest BCUT2D eigenvalue weighted by molar-refractivity contribution is 4.66. The quantitative estimate of drug-likeness (QED) is 0.174. The molecule has 0 amide bonds. The lowest BCUT2D eigenvalue weighted by Crippen LogP contribution is -3.00. The summed E-state index contributed by atoms with van der Waals surface area (Å²) < 4.78 is 4.03. The molecule has 0 aromatic carbocycles. The van der Waals surface area contributed by atoms with E-state index in [0.29, 0.717) is 0 Å². The Bertz CT molecular complexity index is 476. The Balaban J connectivity index is 0.00000900. The van der Waals surface area contributed by atoms with Gasteiger partial charge in [0.25, 0.3) is 0 Å². The van der Waals surface area contributed by atoms with Crippen LogP contribution >= 0.6 is 0 Å². The van der Waals surface area contributed by atoms with Crippen LogP contribution in [0.1, 0.15) is 148 Å². The maximum absolute atomic E-state index is 9.53. The molecule has 31 heavy (non-hydrogen) atoms. The molecule has 1 atom stereocenters. The van der Waals surface area contributed by atoms with Crippen molar-refractivity contribution in [3.05, 3.63) is 18.7 Å². The highest BCUT2D eigenvalue weighted by Crippen LogP contribution is 2.14. The zero-order valence-corrected chi connectivity index (χ0v) is 22.5. The van der Waals surface area contributed by atoms with Crippen LogP contribution < -0.4 is 21.5 Å². The fourth-order valence-electron chi connectivity index (χ4n) is 4.31. The van der Waals surface area contributed by atoms with Crippen LogP contribution in [0, 0.1) is 0 Å². The molecule has 0 bridgehead atoms. The van der Waals surface area contributed by atoms with Gasteiger partial charge in [-0.2, -0.15) is 0 Å². The van der Waals surface area contributed by atoms with Crippen molar-refractivity contribution in [2.45, 2.75) is 155 Å². The molecule has 0 radical (unpaired) electrons. The Morgan fingerprint density at radius 1 is 0.645 bits per heavy atom. The molecule has 0 saturated heterocycles. The van der Waals surface area contributed by atoms with E-state index in [2.05, 4.69) is 17.7 Å². The van der Waals surface area contributed by atoms with Crippen molar-refractivity contribution >= 4 is 0 Å². The Hall–Kier alpha value is -0.350. The highest BCUT2D eigenvalue weighted by atomic mass is 79.9. The lowest BCUT2D eigenvalue weighted by molar-refractivity contribution is -0.755. The van der Waals surface area contributed by atoms with Crippen LogP contribution in [0.15, 0.2) is 18.7 Å². The van der Waals surface area contributed by atoms with E-state index in [1.54, 1.807) is 6.92 Å². The second-order valence-electron chi connectivity index (χ2n) is 9.45. The highest BCUT2D eigenvalue weighted by Gasteiger charge is 2.07. The number of hydrogen-bond acceptors (Lipinski definition) is 1. The molecule has 0 aliphatic carbocycles. The van der Waals surface area contributed by atoms with Crippen LogP contribution in [-0.2, 0) is 6.54 Å². The molecule has 184 valence electrons. The fourth-order valence-corrected chi connectivity index (χ4v) is 4.31. The van der Waals surface area contributed by atoms with Crippen molar-refractivity contribution in [1.29, 1.82) is 0 Å². The lowest BCUT2D eigenvalue weighted by atomic mass is 10.0. The second kappa shape index (κ2) is 22.8. The Morgan fingerprint density at radius 3 is 1.32 bits per heavy atom. The van der Waals surface area contributed by atoms with Crippen molar-refractivity contribution in [2.75, 3.05) is 0 Å². The van der Waals surface area contributed by atoms with Gasteiger partial charge in [-0.25, -0.2) is 9.13 Å². The molecule has 0 aliphatic rings. The number of hydrogen-bond donors (Lipinski definition) is 1. The summed E-state index contributed by atoms with van der Waals surface area (Å²) in [5.41, 5.74) is 0. The molecule has 1 heterocycles. The van der Waals surface area contributed by atoms with E-state index in [1.165, 1.54) is 128 Å². The number of aromatic nitrogens is 2. The Morgan fingerprint density at radius 2 is 1.00 bits per heavy atom. The third kappa shape index (κ3) is 18.9. The van der Waals surface area contributed by atoms with Gasteiger partial charge < -0.3 is 22.1 Å². The predicted molar refractivity (Wildman–Crippen MR) is 130 cm³/mol. The van der Waals surface area contributed by atoms with Gasteiger partial charge in [0.2, 0.25) is 6.33 Å². The van der Waals surface area contributed by atoms with E-state index in [-0.39, 0.29) is 17.0 Å². The first-order valence-corrected chi connectivity index (χ1v) is 13.5. The van der Waals surface area contributed by atoms with Crippen LogP contribution in [0.25, 0.3) is 0 Å². The topological polar surface area (TPSA) is 29.0 Å². The monoisotopic (exact) mass is 500 g/mol. The number of halogens is 1. The Labute approximate surface area is 204 Å². The molecule has 0 fully saturated rings. The summed E-state index contributed by atoms with van der Waals surface area (Å²) in [6.45, 7) is 5.16. The zero-order valence-electron chi connectivity index (χ0n) is 20.9. The average Bonchev–Trinajstić information content (AvgIpc) is 3.22. The number of imidazole rings is 1. The van der Waals surface area contributed by atoms with E-state index in [9.17, 15) is 5.11 Å². The van der Waals surface area contributed by atoms with Crippen LogP contribution in [0.2, 0.25) is 0 Å². The Kier molecular flexibility index (Phi) is 22.6. The first kappa shape index (κ1) is 30.6. The number of rotatable bonds is 22. The van der Waals surface area contributed by atoms with Crippen LogP contribution in [0.5, 0.6) is 0 Å². The number of aliphatic hydroxyl groups is 1. The van der Waals surface area contributed by atoms with Crippen molar-refractivity contribution in [3.8, 4) is 0 Å². The van der Waals surface area contributed by atoms with Crippen LogP contribution in [0.4, 0.5) is 0 Å². The molecular formula is C27H53BrN2O. The van der Waals surface area contributed by atoms with Gasteiger partial charge in [0.1, 0.15) is 12.4 Å². The van der Waals surface area contributed by atoms with E-state index >= 15 is 0 Å². The first-order valence-electron chi connectivity index (χ1n) is 13.5. The van der Waals surface area contributed by atoms with Gasteiger partial charge in [0.05, 0.1) is 6.54 Å². The second-order valence-corrected chi connectivity index (χ2v) is 9.45. The molecule has 0 spiro atoms. The van der Waals surface area contributed by atoms with Gasteiger partial charge in [0.15, 0.2) is 6.23 Å². The van der Waals surface area contributed by atoms with Crippen molar-refractivity contribution in [3.63, 3.8) is 0 Å². The largest absolute Gasteiger partial charge is 1.00 e. The average molecular weight is 502 g/mol. The molecule has 0 aliphatic heterocycles. The summed E-state index contributed by atoms with van der Waals surface area (Å²) in [6.07, 6.45) is 34.1. The van der Waals surface area contributed by atoms with Gasteiger partial charge in [-0.3, -0.25) is 0 Å². The molecule has 1 rings (SSSR count). The van der Waals surface area contributed by atoms with Crippen LogP contribution in [0.3, 0.4) is 0 Å². The van der Waals surface area contributed by atoms with Gasteiger partial charge in [-0.15, -0.1) is 0 Å². The molecule has 1 N–H and O–H groups in total. The maximum Gasteiger partial charge on any atom is 0.245 e. The number of nitrogens with zero attached hydrogens (tertiary/aromatic N) is 2. The fraction of sp³-hybridized carbons (Fsp3) is 0.889. The maximum atomic E-state index is 9.53. The summed E-state index contributed by atoms with van der Waals surface area (Å²) in [5.74, 6) is 0. The van der Waals surface area contributed by atoms with E-state index in [4.69, 9.17) is 0 Å². The predicted octanol–water partition coefficient (Wildman–Crippen LogP) is 5.11.